The van der Waals surface area contributed by atoms with Crippen LogP contribution in [-0.4, -0.2) is 29.3 Å². The van der Waals surface area contributed by atoms with Crippen LogP contribution < -0.4 is 14.3 Å². The molecule has 13 heteroatoms. The van der Waals surface area contributed by atoms with Crippen molar-refractivity contribution in [2.75, 3.05) is 20.9 Å². The van der Waals surface area contributed by atoms with Gasteiger partial charge in [0.1, 0.15) is 12.4 Å². The van der Waals surface area contributed by atoms with E-state index in [1.807, 2.05) is 0 Å². The van der Waals surface area contributed by atoms with Crippen LogP contribution in [0.3, 0.4) is 0 Å². The molecule has 0 fully saturated rings. The van der Waals surface area contributed by atoms with Gasteiger partial charge in [0, 0.05) is 21.4 Å². The molecule has 0 aliphatic carbocycles. The van der Waals surface area contributed by atoms with Gasteiger partial charge in [-0.05, 0) is 78.9 Å². The topological polar surface area (TPSA) is 113 Å². The SMILES string of the molecule is O=C(CN(c1cc(Cl)cc(Cl)c1)S(=O)(=O)c1ccccc1)Nc1ccc(S(=O)(=O)Nc2ccc(F)cc2)cc1. The first kappa shape index (κ1) is 28.4. The number of hydrogen-bond donors (Lipinski definition) is 2. The van der Waals surface area contributed by atoms with Gasteiger partial charge in [-0.1, -0.05) is 41.4 Å². The summed E-state index contributed by atoms with van der Waals surface area (Å²) in [5, 5.41) is 2.92. The van der Waals surface area contributed by atoms with Crippen molar-refractivity contribution in [3.8, 4) is 0 Å². The van der Waals surface area contributed by atoms with Crippen molar-refractivity contribution < 1.29 is 26.0 Å². The summed E-state index contributed by atoms with van der Waals surface area (Å²) >= 11 is 12.2. The molecule has 202 valence electrons. The molecule has 2 N–H and O–H groups in total. The second-order valence-electron chi connectivity index (χ2n) is 8.14. The molecular formula is C26H20Cl2FN3O5S2. The zero-order chi connectivity index (χ0) is 28.2. The molecule has 0 aliphatic heterocycles. The third-order valence-corrected chi connectivity index (χ3v) is 8.92. The summed E-state index contributed by atoms with van der Waals surface area (Å²) in [4.78, 5) is 12.8. The van der Waals surface area contributed by atoms with E-state index in [9.17, 15) is 26.0 Å². The smallest absolute Gasteiger partial charge is 0.264 e. The molecule has 0 atom stereocenters. The van der Waals surface area contributed by atoms with Gasteiger partial charge in [-0.15, -0.1) is 0 Å². The molecule has 0 spiro atoms. The van der Waals surface area contributed by atoms with Gasteiger partial charge in [0.2, 0.25) is 5.91 Å². The van der Waals surface area contributed by atoms with Gasteiger partial charge < -0.3 is 5.32 Å². The lowest BCUT2D eigenvalue weighted by atomic mass is 10.3. The van der Waals surface area contributed by atoms with E-state index < -0.39 is 38.3 Å². The van der Waals surface area contributed by atoms with Crippen LogP contribution in [0.25, 0.3) is 0 Å². The summed E-state index contributed by atoms with van der Waals surface area (Å²) in [7, 11) is -8.17. The number of sulfonamides is 2. The average Bonchev–Trinajstić information content (AvgIpc) is 2.88. The Balaban J connectivity index is 1.54. The van der Waals surface area contributed by atoms with E-state index in [1.165, 1.54) is 66.7 Å². The minimum absolute atomic E-state index is 0.0443. The Hall–Kier alpha value is -3.64. The van der Waals surface area contributed by atoms with E-state index in [0.717, 1.165) is 16.4 Å². The predicted molar refractivity (Wildman–Crippen MR) is 150 cm³/mol. The van der Waals surface area contributed by atoms with Crippen molar-refractivity contribution in [1.82, 2.24) is 0 Å². The quantitative estimate of drug-likeness (QED) is 0.251. The van der Waals surface area contributed by atoms with Crippen LogP contribution in [0.4, 0.5) is 21.5 Å². The first-order chi connectivity index (χ1) is 18.4. The largest absolute Gasteiger partial charge is 0.325 e. The number of rotatable bonds is 9. The van der Waals surface area contributed by atoms with Gasteiger partial charge in [0.25, 0.3) is 20.0 Å². The normalized spacial score (nSPS) is 11.6. The van der Waals surface area contributed by atoms with E-state index in [4.69, 9.17) is 23.2 Å². The van der Waals surface area contributed by atoms with Gasteiger partial charge in [0.05, 0.1) is 15.5 Å². The molecule has 39 heavy (non-hydrogen) atoms. The molecule has 0 aromatic heterocycles. The number of amides is 1. The number of nitrogens with one attached hydrogen (secondary N) is 2. The van der Waals surface area contributed by atoms with E-state index >= 15 is 0 Å². The maximum absolute atomic E-state index is 13.4. The Morgan fingerprint density at radius 2 is 1.31 bits per heavy atom. The Morgan fingerprint density at radius 1 is 0.744 bits per heavy atom. The number of hydrogen-bond acceptors (Lipinski definition) is 5. The molecule has 0 saturated carbocycles. The number of nitrogens with zero attached hydrogens (tertiary/aromatic N) is 1. The maximum atomic E-state index is 13.4. The molecule has 0 aliphatic rings. The monoisotopic (exact) mass is 607 g/mol. The molecule has 0 bridgehead atoms. The fourth-order valence-corrected chi connectivity index (χ4v) is 6.50. The van der Waals surface area contributed by atoms with Crippen molar-refractivity contribution in [3.63, 3.8) is 0 Å². The Morgan fingerprint density at radius 3 is 1.90 bits per heavy atom. The first-order valence-corrected chi connectivity index (χ1v) is 14.8. The van der Waals surface area contributed by atoms with E-state index in [-0.39, 0.29) is 36.9 Å². The second-order valence-corrected chi connectivity index (χ2v) is 12.6. The molecular weight excluding hydrogens is 588 g/mol. The molecule has 0 heterocycles. The summed E-state index contributed by atoms with van der Waals surface area (Å²) < 4.78 is 68.4. The lowest BCUT2D eigenvalue weighted by Crippen LogP contribution is -2.38. The van der Waals surface area contributed by atoms with Gasteiger partial charge >= 0.3 is 0 Å². The Labute approximate surface area is 235 Å². The highest BCUT2D eigenvalue weighted by atomic mass is 35.5. The average molecular weight is 609 g/mol. The summed E-state index contributed by atoms with van der Waals surface area (Å²) in [6.07, 6.45) is 0. The van der Waals surface area contributed by atoms with Crippen LogP contribution >= 0.6 is 23.2 Å². The molecule has 4 rings (SSSR count). The van der Waals surface area contributed by atoms with Crippen molar-refractivity contribution in [3.05, 3.63) is 113 Å². The standard InChI is InChI=1S/C26H20Cl2FN3O5S2/c27-18-14-19(28)16-23(15-18)32(39(36,37)25-4-2-1-3-5-25)17-26(33)30-21-10-12-24(13-11-21)38(34,35)31-22-8-6-20(29)7-9-22/h1-16,31H,17H2,(H,30,33). The summed E-state index contributed by atoms with van der Waals surface area (Å²) in [5.41, 5.74) is 0.483. The minimum atomic E-state index is -4.19. The van der Waals surface area contributed by atoms with Crippen LogP contribution in [0, 0.1) is 5.82 Å². The third kappa shape index (κ3) is 7.07. The highest BCUT2D eigenvalue weighted by Crippen LogP contribution is 2.30. The fourth-order valence-electron chi connectivity index (χ4n) is 3.50. The van der Waals surface area contributed by atoms with E-state index in [2.05, 4.69) is 10.0 Å². The minimum Gasteiger partial charge on any atom is -0.325 e. The zero-order valence-corrected chi connectivity index (χ0v) is 23.0. The van der Waals surface area contributed by atoms with Gasteiger partial charge in [-0.25, -0.2) is 21.2 Å². The lowest BCUT2D eigenvalue weighted by Gasteiger charge is -2.24. The third-order valence-electron chi connectivity index (χ3n) is 5.30. The van der Waals surface area contributed by atoms with Crippen LogP contribution in [0.15, 0.2) is 107 Å². The molecule has 8 nitrogen and oxygen atoms in total. The number of halogens is 3. The lowest BCUT2D eigenvalue weighted by molar-refractivity contribution is -0.114. The number of benzene rings is 4. The number of anilines is 3. The molecule has 0 saturated heterocycles. The van der Waals surface area contributed by atoms with Crippen molar-refractivity contribution in [2.24, 2.45) is 0 Å². The van der Waals surface area contributed by atoms with Gasteiger partial charge in [-0.2, -0.15) is 0 Å². The Bertz CT molecular complexity index is 1680. The summed E-state index contributed by atoms with van der Waals surface area (Å²) in [5.74, 6) is -1.21. The van der Waals surface area contributed by atoms with Crippen LogP contribution in [0.2, 0.25) is 10.0 Å². The molecule has 0 unspecified atom stereocenters. The van der Waals surface area contributed by atoms with Crippen molar-refractivity contribution in [1.29, 1.82) is 0 Å². The summed E-state index contributed by atoms with van der Waals surface area (Å²) in [6, 6.07) is 21.7. The van der Waals surface area contributed by atoms with Gasteiger partial charge in [-0.3, -0.25) is 13.8 Å². The zero-order valence-electron chi connectivity index (χ0n) is 19.9. The Kier molecular flexibility index (Phi) is 8.45. The molecule has 1 amide bonds. The van der Waals surface area contributed by atoms with Crippen molar-refractivity contribution in [2.45, 2.75) is 9.79 Å². The first-order valence-electron chi connectivity index (χ1n) is 11.2. The summed E-state index contributed by atoms with van der Waals surface area (Å²) in [6.45, 7) is -0.625. The predicted octanol–water partition coefficient (Wildman–Crippen LogP) is 5.77. The molecule has 0 radical (unpaired) electrons. The molecule has 4 aromatic rings. The molecule has 4 aromatic carbocycles. The second kappa shape index (κ2) is 11.6. The van der Waals surface area contributed by atoms with Crippen molar-refractivity contribution >= 4 is 66.2 Å². The fraction of sp³-hybridized carbons (Fsp3) is 0.0385. The number of carbonyl (C=O) groups is 1. The van der Waals surface area contributed by atoms with E-state index in [1.54, 1.807) is 18.2 Å². The van der Waals surface area contributed by atoms with Crippen LogP contribution in [0.5, 0.6) is 0 Å². The highest BCUT2D eigenvalue weighted by Gasteiger charge is 2.28. The number of carbonyl (C=O) groups excluding carboxylic acids is 1. The van der Waals surface area contributed by atoms with E-state index in [0.29, 0.717) is 0 Å². The van der Waals surface area contributed by atoms with Crippen LogP contribution in [0.1, 0.15) is 0 Å². The highest BCUT2D eigenvalue weighted by molar-refractivity contribution is 7.93. The van der Waals surface area contributed by atoms with Crippen LogP contribution in [-0.2, 0) is 24.8 Å². The van der Waals surface area contributed by atoms with Gasteiger partial charge in [0.15, 0.2) is 0 Å². The maximum Gasteiger partial charge on any atom is 0.264 e.